The molecule has 0 amide bonds. The van der Waals surface area contributed by atoms with Gasteiger partial charge in [-0.2, -0.15) is 5.10 Å². The highest BCUT2D eigenvalue weighted by molar-refractivity contribution is 5.79. The Bertz CT molecular complexity index is 926. The van der Waals surface area contributed by atoms with E-state index in [1.165, 1.54) is 0 Å². The average Bonchev–Trinajstić information content (AvgIpc) is 2.98. The fourth-order valence-corrected chi connectivity index (χ4v) is 2.65. The number of aromatic nitrogens is 3. The van der Waals surface area contributed by atoms with Gasteiger partial charge in [-0.1, -0.05) is 24.3 Å². The summed E-state index contributed by atoms with van der Waals surface area (Å²) >= 11 is 0. The summed E-state index contributed by atoms with van der Waals surface area (Å²) < 4.78 is 1.84. The van der Waals surface area contributed by atoms with Crippen molar-refractivity contribution in [2.24, 2.45) is 5.73 Å². The molecule has 1 unspecified atom stereocenters. The molecule has 4 aromatic rings. The van der Waals surface area contributed by atoms with E-state index in [1.54, 1.807) is 6.20 Å². The van der Waals surface area contributed by atoms with Crippen LogP contribution in [0.25, 0.3) is 16.4 Å². The van der Waals surface area contributed by atoms with Crippen molar-refractivity contribution in [3.8, 4) is 0 Å². The fourth-order valence-electron chi connectivity index (χ4n) is 2.65. The smallest absolute Gasteiger partial charge is 0.0712 e. The highest BCUT2D eigenvalue weighted by Crippen LogP contribution is 2.25. The van der Waals surface area contributed by atoms with Gasteiger partial charge in [0.15, 0.2) is 0 Å². The van der Waals surface area contributed by atoms with E-state index in [-0.39, 0.29) is 6.04 Å². The maximum absolute atomic E-state index is 6.44. The summed E-state index contributed by atoms with van der Waals surface area (Å²) in [7, 11) is 0. The molecule has 4 nitrogen and oxygen atoms in total. The van der Waals surface area contributed by atoms with E-state index in [0.717, 1.165) is 27.5 Å². The van der Waals surface area contributed by atoms with Crippen LogP contribution >= 0.6 is 0 Å². The minimum absolute atomic E-state index is 0.212. The number of hydrogen-bond acceptors (Lipinski definition) is 3. The van der Waals surface area contributed by atoms with E-state index in [4.69, 9.17) is 5.73 Å². The zero-order valence-electron chi connectivity index (χ0n) is 11.3. The summed E-state index contributed by atoms with van der Waals surface area (Å²) in [6, 6.07) is 15.9. The number of benzene rings is 1. The Morgan fingerprint density at radius 3 is 2.95 bits per heavy atom. The van der Waals surface area contributed by atoms with Crippen LogP contribution in [0.5, 0.6) is 0 Å². The Labute approximate surface area is 121 Å². The van der Waals surface area contributed by atoms with Gasteiger partial charge in [0.1, 0.15) is 0 Å². The van der Waals surface area contributed by atoms with Crippen molar-refractivity contribution in [1.82, 2.24) is 14.6 Å². The lowest BCUT2D eigenvalue weighted by molar-refractivity contribution is 0.881. The molecule has 0 aliphatic rings. The second-order valence-electron chi connectivity index (χ2n) is 5.06. The third-order valence-corrected chi connectivity index (χ3v) is 3.78. The summed E-state index contributed by atoms with van der Waals surface area (Å²) in [6.45, 7) is 0. The molecule has 21 heavy (non-hydrogen) atoms. The Hall–Kier alpha value is -2.72. The highest BCUT2D eigenvalue weighted by atomic mass is 15.2. The first kappa shape index (κ1) is 12.1. The van der Waals surface area contributed by atoms with Crippen LogP contribution in [0.15, 0.2) is 67.1 Å². The standard InChI is InChI=1S/C17H14N4/c18-17(14-11-20-21-9-2-1-5-16(14)21)13-7-6-12-4-3-8-19-15(12)10-13/h1-11,17H,18H2. The average molecular weight is 274 g/mol. The Balaban J connectivity index is 1.83. The largest absolute Gasteiger partial charge is 0.320 e. The summed E-state index contributed by atoms with van der Waals surface area (Å²) in [6.07, 6.45) is 5.56. The molecule has 4 heteroatoms. The maximum Gasteiger partial charge on any atom is 0.0712 e. The predicted molar refractivity (Wildman–Crippen MR) is 83.0 cm³/mol. The summed E-state index contributed by atoms with van der Waals surface area (Å²) in [5.41, 5.74) is 10.5. The molecule has 2 N–H and O–H groups in total. The van der Waals surface area contributed by atoms with Crippen LogP contribution in [-0.2, 0) is 0 Å². The van der Waals surface area contributed by atoms with E-state index < -0.39 is 0 Å². The van der Waals surface area contributed by atoms with Crippen molar-refractivity contribution in [2.45, 2.75) is 6.04 Å². The van der Waals surface area contributed by atoms with Gasteiger partial charge in [0, 0.05) is 23.3 Å². The van der Waals surface area contributed by atoms with Crippen LogP contribution < -0.4 is 5.73 Å². The van der Waals surface area contributed by atoms with Crippen LogP contribution in [0.1, 0.15) is 17.2 Å². The van der Waals surface area contributed by atoms with Gasteiger partial charge in [0.05, 0.1) is 23.3 Å². The number of rotatable bonds is 2. The van der Waals surface area contributed by atoms with Crippen molar-refractivity contribution >= 4 is 16.4 Å². The Kier molecular flexibility index (Phi) is 2.69. The summed E-state index contributed by atoms with van der Waals surface area (Å²) in [5, 5.41) is 5.47. The molecular weight excluding hydrogens is 260 g/mol. The number of nitrogens with two attached hydrogens (primary N) is 1. The number of hydrogen-bond donors (Lipinski definition) is 1. The monoisotopic (exact) mass is 274 g/mol. The molecule has 1 atom stereocenters. The lowest BCUT2D eigenvalue weighted by atomic mass is 9.99. The number of nitrogens with zero attached hydrogens (tertiary/aromatic N) is 3. The molecule has 4 rings (SSSR count). The summed E-state index contributed by atoms with van der Waals surface area (Å²) in [4.78, 5) is 4.39. The third-order valence-electron chi connectivity index (χ3n) is 3.78. The second-order valence-corrected chi connectivity index (χ2v) is 5.06. The van der Waals surface area contributed by atoms with Gasteiger partial charge < -0.3 is 5.73 Å². The van der Waals surface area contributed by atoms with Gasteiger partial charge in [0.25, 0.3) is 0 Å². The molecule has 3 aromatic heterocycles. The van der Waals surface area contributed by atoms with Crippen molar-refractivity contribution in [3.05, 3.63) is 78.2 Å². The van der Waals surface area contributed by atoms with E-state index in [1.807, 2.05) is 53.3 Å². The molecule has 0 saturated heterocycles. The van der Waals surface area contributed by atoms with Crippen LogP contribution in [0.4, 0.5) is 0 Å². The van der Waals surface area contributed by atoms with Gasteiger partial charge in [0.2, 0.25) is 0 Å². The van der Waals surface area contributed by atoms with Gasteiger partial charge in [-0.3, -0.25) is 4.98 Å². The predicted octanol–water partition coefficient (Wildman–Crippen LogP) is 2.93. The first-order valence-corrected chi connectivity index (χ1v) is 6.85. The molecular formula is C17H14N4. The first-order valence-electron chi connectivity index (χ1n) is 6.85. The first-order chi connectivity index (χ1) is 10.3. The molecule has 3 heterocycles. The SMILES string of the molecule is NC(c1ccc2cccnc2c1)c1cnn2ccccc12. The molecule has 102 valence electrons. The fraction of sp³-hybridized carbons (Fsp3) is 0.0588. The van der Waals surface area contributed by atoms with E-state index in [9.17, 15) is 0 Å². The molecule has 0 saturated carbocycles. The van der Waals surface area contributed by atoms with Gasteiger partial charge in [-0.05, 0) is 29.8 Å². The van der Waals surface area contributed by atoms with E-state index >= 15 is 0 Å². The maximum atomic E-state index is 6.44. The molecule has 0 fully saturated rings. The lowest BCUT2D eigenvalue weighted by Crippen LogP contribution is -2.11. The molecule has 0 aliphatic heterocycles. The normalized spacial score (nSPS) is 12.8. The molecule has 0 spiro atoms. The van der Waals surface area contributed by atoms with Crippen molar-refractivity contribution < 1.29 is 0 Å². The zero-order chi connectivity index (χ0) is 14.2. The quantitative estimate of drug-likeness (QED) is 0.611. The van der Waals surface area contributed by atoms with Gasteiger partial charge >= 0.3 is 0 Å². The molecule has 0 aliphatic carbocycles. The lowest BCUT2D eigenvalue weighted by Gasteiger charge is -2.11. The summed E-state index contributed by atoms with van der Waals surface area (Å²) in [5.74, 6) is 0. The Morgan fingerprint density at radius 2 is 2.00 bits per heavy atom. The van der Waals surface area contributed by atoms with Crippen LogP contribution in [0.2, 0.25) is 0 Å². The molecule has 1 aromatic carbocycles. The van der Waals surface area contributed by atoms with Crippen molar-refractivity contribution in [2.75, 3.05) is 0 Å². The van der Waals surface area contributed by atoms with Gasteiger partial charge in [-0.15, -0.1) is 0 Å². The van der Waals surface area contributed by atoms with Crippen molar-refractivity contribution in [3.63, 3.8) is 0 Å². The topological polar surface area (TPSA) is 56.2 Å². The number of pyridine rings is 2. The molecule has 0 radical (unpaired) electrons. The van der Waals surface area contributed by atoms with Crippen LogP contribution in [0, 0.1) is 0 Å². The van der Waals surface area contributed by atoms with Crippen LogP contribution in [0.3, 0.4) is 0 Å². The van der Waals surface area contributed by atoms with Gasteiger partial charge in [-0.25, -0.2) is 4.52 Å². The minimum atomic E-state index is -0.212. The van der Waals surface area contributed by atoms with Crippen LogP contribution in [-0.4, -0.2) is 14.6 Å². The minimum Gasteiger partial charge on any atom is -0.320 e. The highest BCUT2D eigenvalue weighted by Gasteiger charge is 2.14. The van der Waals surface area contributed by atoms with E-state index in [2.05, 4.69) is 22.2 Å². The molecule has 0 bridgehead atoms. The van der Waals surface area contributed by atoms with E-state index in [0.29, 0.717) is 0 Å². The second kappa shape index (κ2) is 4.68. The number of fused-ring (bicyclic) bond motifs is 2. The van der Waals surface area contributed by atoms with Crippen molar-refractivity contribution in [1.29, 1.82) is 0 Å². The third kappa shape index (κ3) is 1.97. The Morgan fingerprint density at radius 1 is 1.05 bits per heavy atom. The zero-order valence-corrected chi connectivity index (χ0v) is 11.3.